The van der Waals surface area contributed by atoms with E-state index in [0.29, 0.717) is 38.6 Å². The van der Waals surface area contributed by atoms with Gasteiger partial charge in [-0.2, -0.15) is 5.10 Å². The van der Waals surface area contributed by atoms with Gasteiger partial charge in [-0.05, 0) is 59.8 Å². The lowest BCUT2D eigenvalue weighted by Crippen LogP contribution is -2.19. The lowest BCUT2D eigenvalue weighted by Gasteiger charge is -2.21. The number of nitrogens with one attached hydrogen (secondary N) is 1. The van der Waals surface area contributed by atoms with Crippen LogP contribution in [0.2, 0.25) is 10.0 Å². The van der Waals surface area contributed by atoms with Gasteiger partial charge in [0.25, 0.3) is 0 Å². The largest absolute Gasteiger partial charge is 0.383 e. The molecular weight excluding hydrogens is 498 g/mol. The first-order valence-electron chi connectivity index (χ1n) is 11.4. The number of aryl methyl sites for hydroxylation is 2. The van der Waals surface area contributed by atoms with E-state index in [9.17, 15) is 0 Å². The Hall–Kier alpha value is -3.68. The lowest BCUT2D eigenvalue weighted by molar-refractivity contribution is 0.590. The number of benzene rings is 3. The first-order valence-corrected chi connectivity index (χ1v) is 12.2. The summed E-state index contributed by atoms with van der Waals surface area (Å²) in [5.74, 6) is 1.02. The highest BCUT2D eigenvalue weighted by molar-refractivity contribution is 6.43. The average molecular weight is 521 g/mol. The Balaban J connectivity index is 1.64. The van der Waals surface area contributed by atoms with Crippen molar-refractivity contribution < 1.29 is 4.39 Å². The molecule has 36 heavy (non-hydrogen) atoms. The fourth-order valence-electron chi connectivity index (χ4n) is 4.21. The van der Waals surface area contributed by atoms with Crippen molar-refractivity contribution in [1.82, 2.24) is 19.7 Å². The molecule has 6 nitrogen and oxygen atoms in total. The van der Waals surface area contributed by atoms with Crippen LogP contribution in [-0.4, -0.2) is 19.7 Å². The number of pyridine rings is 1. The van der Waals surface area contributed by atoms with Crippen LogP contribution in [0.4, 0.5) is 15.9 Å². The summed E-state index contributed by atoms with van der Waals surface area (Å²) in [6, 6.07) is 17.4. The number of anilines is 2. The van der Waals surface area contributed by atoms with E-state index in [0.717, 1.165) is 28.4 Å². The Bertz CT molecular complexity index is 1580. The van der Waals surface area contributed by atoms with E-state index < -0.39 is 6.04 Å². The van der Waals surface area contributed by atoms with Crippen molar-refractivity contribution in [2.75, 3.05) is 11.1 Å². The average Bonchev–Trinajstić information content (AvgIpc) is 3.25. The van der Waals surface area contributed by atoms with Gasteiger partial charge in [0.2, 0.25) is 0 Å². The zero-order valence-electron chi connectivity index (χ0n) is 19.6. The van der Waals surface area contributed by atoms with Gasteiger partial charge in [-0.3, -0.25) is 4.68 Å². The van der Waals surface area contributed by atoms with Crippen LogP contribution in [-0.2, 0) is 13.5 Å². The molecule has 0 spiro atoms. The van der Waals surface area contributed by atoms with E-state index in [1.165, 1.54) is 6.07 Å². The van der Waals surface area contributed by atoms with Crippen molar-refractivity contribution in [3.63, 3.8) is 0 Å². The quantitative estimate of drug-likeness (QED) is 0.256. The minimum Gasteiger partial charge on any atom is -0.383 e. The molecule has 0 bridgehead atoms. The van der Waals surface area contributed by atoms with Gasteiger partial charge in [0.1, 0.15) is 17.7 Å². The van der Waals surface area contributed by atoms with Crippen LogP contribution in [0.25, 0.3) is 22.2 Å². The maximum absolute atomic E-state index is 15.3. The summed E-state index contributed by atoms with van der Waals surface area (Å²) >= 11 is 12.7. The summed E-state index contributed by atoms with van der Waals surface area (Å²) in [5, 5.41) is 10.6. The molecule has 182 valence electrons. The number of hydrogen-bond donors (Lipinski definition) is 2. The minimum absolute atomic E-state index is 0.343. The second-order valence-corrected chi connectivity index (χ2v) is 9.22. The standard InChI is InChI=1S/C27H23Cl2FN6/c1-3-15-7-10-22(30)20(13-15)24(33-17-8-9-18-16(14-17)11-12-32-25(18)31)27-34-26(35-36(27)2)19-5-4-6-21(28)23(19)29/h4-14,24,33H,3H2,1-2H3,(H2,31,32). The van der Waals surface area contributed by atoms with E-state index in [1.54, 1.807) is 42.2 Å². The molecule has 2 aromatic heterocycles. The molecule has 0 aliphatic rings. The van der Waals surface area contributed by atoms with Crippen LogP contribution < -0.4 is 11.1 Å². The normalized spacial score (nSPS) is 12.1. The number of halogens is 3. The van der Waals surface area contributed by atoms with Gasteiger partial charge in [0, 0.05) is 35.4 Å². The first-order chi connectivity index (χ1) is 17.4. The lowest BCUT2D eigenvalue weighted by atomic mass is 10.0. The third-order valence-corrected chi connectivity index (χ3v) is 6.95. The topological polar surface area (TPSA) is 81.7 Å². The molecule has 0 saturated carbocycles. The van der Waals surface area contributed by atoms with Crippen molar-refractivity contribution >= 4 is 45.5 Å². The summed E-state index contributed by atoms with van der Waals surface area (Å²) in [7, 11) is 1.77. The Kier molecular flexibility index (Phi) is 6.51. The minimum atomic E-state index is -0.641. The van der Waals surface area contributed by atoms with E-state index in [-0.39, 0.29) is 5.82 Å². The molecule has 3 aromatic carbocycles. The first kappa shape index (κ1) is 24.0. The smallest absolute Gasteiger partial charge is 0.183 e. The number of rotatable bonds is 6. The molecule has 1 atom stereocenters. The highest BCUT2D eigenvalue weighted by atomic mass is 35.5. The van der Waals surface area contributed by atoms with Crippen LogP contribution in [0.3, 0.4) is 0 Å². The molecule has 2 heterocycles. The molecule has 5 rings (SSSR count). The van der Waals surface area contributed by atoms with E-state index in [4.69, 9.17) is 33.9 Å². The third-order valence-electron chi connectivity index (χ3n) is 6.13. The number of nitrogens with zero attached hydrogens (tertiary/aromatic N) is 4. The van der Waals surface area contributed by atoms with Crippen LogP contribution in [0.1, 0.15) is 29.9 Å². The number of hydrogen-bond acceptors (Lipinski definition) is 5. The fraction of sp³-hybridized carbons (Fsp3) is 0.148. The molecule has 0 fully saturated rings. The molecule has 3 N–H and O–H groups in total. The second-order valence-electron chi connectivity index (χ2n) is 8.44. The van der Waals surface area contributed by atoms with Gasteiger partial charge in [-0.25, -0.2) is 14.4 Å². The zero-order valence-corrected chi connectivity index (χ0v) is 21.1. The number of nitrogen functional groups attached to an aromatic ring is 1. The Morgan fingerprint density at radius 3 is 2.72 bits per heavy atom. The fourth-order valence-corrected chi connectivity index (χ4v) is 4.60. The van der Waals surface area contributed by atoms with Gasteiger partial charge in [-0.15, -0.1) is 0 Å². The van der Waals surface area contributed by atoms with Gasteiger partial charge >= 0.3 is 0 Å². The molecule has 0 radical (unpaired) electrons. The number of nitrogens with two attached hydrogens (primary N) is 1. The SMILES string of the molecule is CCc1ccc(F)c(C(Nc2ccc3c(N)nccc3c2)c2nc(-c3cccc(Cl)c3Cl)nn2C)c1. The van der Waals surface area contributed by atoms with Crippen molar-refractivity contribution in [3.8, 4) is 11.4 Å². The Labute approximate surface area is 217 Å². The van der Waals surface area contributed by atoms with Crippen molar-refractivity contribution in [2.45, 2.75) is 19.4 Å². The van der Waals surface area contributed by atoms with Crippen LogP contribution >= 0.6 is 23.2 Å². The Morgan fingerprint density at radius 2 is 1.92 bits per heavy atom. The summed E-state index contributed by atoms with van der Waals surface area (Å²) in [6.07, 6.45) is 2.43. The van der Waals surface area contributed by atoms with Crippen LogP contribution in [0.15, 0.2) is 66.9 Å². The third kappa shape index (κ3) is 4.47. The van der Waals surface area contributed by atoms with Crippen molar-refractivity contribution in [2.24, 2.45) is 7.05 Å². The molecule has 0 saturated heterocycles. The number of fused-ring (bicyclic) bond motifs is 1. The van der Waals surface area contributed by atoms with E-state index in [1.807, 2.05) is 37.3 Å². The highest BCUT2D eigenvalue weighted by Gasteiger charge is 2.25. The molecule has 0 aliphatic carbocycles. The van der Waals surface area contributed by atoms with Crippen molar-refractivity contribution in [1.29, 1.82) is 0 Å². The van der Waals surface area contributed by atoms with Gasteiger partial charge in [-0.1, -0.05) is 48.3 Å². The predicted octanol–water partition coefficient (Wildman–Crippen LogP) is 6.82. The van der Waals surface area contributed by atoms with Crippen molar-refractivity contribution in [3.05, 3.63) is 99.7 Å². The highest BCUT2D eigenvalue weighted by Crippen LogP contribution is 2.35. The molecule has 1 unspecified atom stereocenters. The maximum atomic E-state index is 15.3. The predicted molar refractivity (Wildman–Crippen MR) is 144 cm³/mol. The van der Waals surface area contributed by atoms with Crippen LogP contribution in [0, 0.1) is 5.82 Å². The molecule has 9 heteroatoms. The molecule has 0 amide bonds. The van der Waals surface area contributed by atoms with E-state index >= 15 is 4.39 Å². The van der Waals surface area contributed by atoms with Gasteiger partial charge < -0.3 is 11.1 Å². The van der Waals surface area contributed by atoms with Gasteiger partial charge in [0.05, 0.1) is 10.0 Å². The van der Waals surface area contributed by atoms with Crippen LogP contribution in [0.5, 0.6) is 0 Å². The summed E-state index contributed by atoms with van der Waals surface area (Å²) in [6.45, 7) is 2.03. The molecule has 5 aromatic rings. The summed E-state index contributed by atoms with van der Waals surface area (Å²) < 4.78 is 16.9. The zero-order chi connectivity index (χ0) is 25.4. The summed E-state index contributed by atoms with van der Waals surface area (Å²) in [4.78, 5) is 8.92. The Morgan fingerprint density at radius 1 is 1.08 bits per heavy atom. The molecular formula is C27H23Cl2FN6. The summed E-state index contributed by atoms with van der Waals surface area (Å²) in [5.41, 5.74) is 8.86. The molecule has 0 aliphatic heterocycles. The van der Waals surface area contributed by atoms with Gasteiger partial charge in [0.15, 0.2) is 11.6 Å². The number of aromatic nitrogens is 4. The second kappa shape index (κ2) is 9.76. The maximum Gasteiger partial charge on any atom is 0.183 e. The monoisotopic (exact) mass is 520 g/mol. The van der Waals surface area contributed by atoms with E-state index in [2.05, 4.69) is 15.4 Å².